The Labute approximate surface area is 90.7 Å². The zero-order valence-corrected chi connectivity index (χ0v) is 9.77. The molecule has 0 amide bonds. The molecular weight excluding hydrogens is 192 g/mol. The number of rotatable bonds is 6. The van der Waals surface area contributed by atoms with Gasteiger partial charge < -0.3 is 9.67 Å². The summed E-state index contributed by atoms with van der Waals surface area (Å²) in [5.74, 6) is 1.87. The molecule has 0 aromatic carbocycles. The van der Waals surface area contributed by atoms with Crippen LogP contribution in [0.1, 0.15) is 25.0 Å². The first-order valence-corrected chi connectivity index (χ1v) is 5.37. The highest BCUT2D eigenvalue weighted by Crippen LogP contribution is 2.03. The summed E-state index contributed by atoms with van der Waals surface area (Å²) in [7, 11) is 1.97. The van der Waals surface area contributed by atoms with Gasteiger partial charge in [0, 0.05) is 13.6 Å². The number of nitrogens with zero attached hydrogens (tertiary/aromatic N) is 4. The van der Waals surface area contributed by atoms with Crippen molar-refractivity contribution in [1.29, 1.82) is 0 Å². The van der Waals surface area contributed by atoms with Crippen LogP contribution in [-0.4, -0.2) is 44.5 Å². The minimum absolute atomic E-state index is 0.191. The Morgan fingerprint density at radius 3 is 2.53 bits per heavy atom. The predicted octanol–water partition coefficient (Wildman–Crippen LogP) is 0.328. The van der Waals surface area contributed by atoms with Crippen LogP contribution in [0.2, 0.25) is 0 Å². The van der Waals surface area contributed by atoms with E-state index in [-0.39, 0.29) is 6.61 Å². The lowest BCUT2D eigenvalue weighted by Gasteiger charge is -2.19. The maximum atomic E-state index is 8.93. The Kier molecular flexibility index (Phi) is 4.71. The van der Waals surface area contributed by atoms with Crippen molar-refractivity contribution in [3.8, 4) is 0 Å². The molecule has 0 saturated heterocycles. The highest BCUT2D eigenvalue weighted by atomic mass is 16.3. The number of aliphatic hydroxyl groups excluding tert-OH is 1. The molecule has 1 rings (SSSR count). The summed E-state index contributed by atoms with van der Waals surface area (Å²) in [4.78, 5) is 2.18. The van der Waals surface area contributed by atoms with E-state index in [1.54, 1.807) is 0 Å². The van der Waals surface area contributed by atoms with Gasteiger partial charge >= 0.3 is 0 Å². The van der Waals surface area contributed by atoms with E-state index in [1.807, 2.05) is 18.5 Å². The maximum Gasteiger partial charge on any atom is 0.146 e. The average molecular weight is 212 g/mol. The molecule has 0 unspecified atom stereocenters. The molecule has 5 heteroatoms. The summed E-state index contributed by atoms with van der Waals surface area (Å²) in [5, 5.41) is 17.1. The SMILES string of the molecule is CCCN(CCO)Cc1nnc(C)n1C. The van der Waals surface area contributed by atoms with Gasteiger partial charge in [-0.1, -0.05) is 6.92 Å². The van der Waals surface area contributed by atoms with E-state index >= 15 is 0 Å². The van der Waals surface area contributed by atoms with Crippen molar-refractivity contribution in [2.75, 3.05) is 19.7 Å². The Morgan fingerprint density at radius 1 is 1.33 bits per heavy atom. The van der Waals surface area contributed by atoms with Crippen molar-refractivity contribution < 1.29 is 5.11 Å². The molecule has 0 radical (unpaired) electrons. The number of aliphatic hydroxyl groups is 1. The minimum atomic E-state index is 0.191. The Morgan fingerprint density at radius 2 is 2.07 bits per heavy atom. The molecule has 0 aliphatic rings. The zero-order valence-electron chi connectivity index (χ0n) is 9.77. The van der Waals surface area contributed by atoms with Gasteiger partial charge in [-0.2, -0.15) is 0 Å². The fourth-order valence-electron chi connectivity index (χ4n) is 1.52. The zero-order chi connectivity index (χ0) is 11.3. The molecule has 1 heterocycles. The quantitative estimate of drug-likeness (QED) is 0.738. The molecule has 0 aliphatic carbocycles. The van der Waals surface area contributed by atoms with Crippen LogP contribution in [0.15, 0.2) is 0 Å². The van der Waals surface area contributed by atoms with Crippen molar-refractivity contribution in [2.45, 2.75) is 26.8 Å². The standard InChI is InChI=1S/C10H20N4O/c1-4-5-14(6-7-15)8-10-12-11-9(2)13(10)3/h15H,4-8H2,1-3H3. The Balaban J connectivity index is 2.60. The molecule has 0 spiro atoms. The smallest absolute Gasteiger partial charge is 0.146 e. The van der Waals surface area contributed by atoms with Gasteiger partial charge in [0.2, 0.25) is 0 Å². The largest absolute Gasteiger partial charge is 0.395 e. The van der Waals surface area contributed by atoms with Gasteiger partial charge in [-0.25, -0.2) is 0 Å². The van der Waals surface area contributed by atoms with Crippen molar-refractivity contribution >= 4 is 0 Å². The molecular formula is C10H20N4O. The molecule has 86 valence electrons. The Hall–Kier alpha value is -0.940. The van der Waals surface area contributed by atoms with Crippen LogP contribution >= 0.6 is 0 Å². The fourth-order valence-corrected chi connectivity index (χ4v) is 1.52. The van der Waals surface area contributed by atoms with Crippen LogP contribution in [0.25, 0.3) is 0 Å². The molecule has 1 aromatic rings. The van der Waals surface area contributed by atoms with Crippen molar-refractivity contribution in [3.05, 3.63) is 11.6 Å². The number of hydrogen-bond donors (Lipinski definition) is 1. The summed E-state index contributed by atoms with van der Waals surface area (Å²) in [6.07, 6.45) is 1.08. The predicted molar refractivity (Wildman–Crippen MR) is 58.4 cm³/mol. The van der Waals surface area contributed by atoms with Crippen LogP contribution in [0.3, 0.4) is 0 Å². The van der Waals surface area contributed by atoms with Gasteiger partial charge in [0.25, 0.3) is 0 Å². The number of hydrogen-bond acceptors (Lipinski definition) is 4. The van der Waals surface area contributed by atoms with Crippen LogP contribution in [0.4, 0.5) is 0 Å². The average Bonchev–Trinajstić information content (AvgIpc) is 2.51. The first-order chi connectivity index (χ1) is 7.19. The summed E-state index contributed by atoms with van der Waals surface area (Å²) in [6.45, 7) is 6.69. The summed E-state index contributed by atoms with van der Waals surface area (Å²) in [6, 6.07) is 0. The minimum Gasteiger partial charge on any atom is -0.395 e. The monoisotopic (exact) mass is 212 g/mol. The maximum absolute atomic E-state index is 8.93. The first kappa shape index (κ1) is 12.1. The molecule has 0 bridgehead atoms. The van der Waals surface area contributed by atoms with E-state index in [0.717, 1.165) is 31.2 Å². The lowest BCUT2D eigenvalue weighted by Crippen LogP contribution is -2.28. The molecule has 0 saturated carbocycles. The highest BCUT2D eigenvalue weighted by molar-refractivity contribution is 4.92. The second-order valence-corrected chi connectivity index (χ2v) is 3.72. The lowest BCUT2D eigenvalue weighted by atomic mass is 10.4. The Bertz CT molecular complexity index is 292. The van der Waals surface area contributed by atoms with Gasteiger partial charge in [-0.05, 0) is 19.9 Å². The van der Waals surface area contributed by atoms with Gasteiger partial charge in [-0.15, -0.1) is 10.2 Å². The number of aryl methyl sites for hydroxylation is 1. The molecule has 1 aromatic heterocycles. The molecule has 0 atom stereocenters. The van der Waals surface area contributed by atoms with Gasteiger partial charge in [-0.3, -0.25) is 4.90 Å². The third-order valence-electron chi connectivity index (χ3n) is 2.50. The second-order valence-electron chi connectivity index (χ2n) is 3.72. The van der Waals surface area contributed by atoms with Crippen LogP contribution < -0.4 is 0 Å². The number of aromatic nitrogens is 3. The third-order valence-corrected chi connectivity index (χ3v) is 2.50. The van der Waals surface area contributed by atoms with Crippen molar-refractivity contribution in [3.63, 3.8) is 0 Å². The van der Waals surface area contributed by atoms with E-state index < -0.39 is 0 Å². The van der Waals surface area contributed by atoms with E-state index in [0.29, 0.717) is 6.54 Å². The first-order valence-electron chi connectivity index (χ1n) is 5.37. The van der Waals surface area contributed by atoms with E-state index in [4.69, 9.17) is 5.11 Å². The van der Waals surface area contributed by atoms with Gasteiger partial charge in [0.05, 0.1) is 13.2 Å². The van der Waals surface area contributed by atoms with Gasteiger partial charge in [0.1, 0.15) is 11.6 Å². The van der Waals surface area contributed by atoms with E-state index in [2.05, 4.69) is 22.0 Å². The van der Waals surface area contributed by atoms with Gasteiger partial charge in [0.15, 0.2) is 0 Å². The molecule has 15 heavy (non-hydrogen) atoms. The molecule has 1 N–H and O–H groups in total. The molecule has 5 nitrogen and oxygen atoms in total. The van der Waals surface area contributed by atoms with Crippen molar-refractivity contribution in [1.82, 2.24) is 19.7 Å². The second kappa shape index (κ2) is 5.82. The summed E-state index contributed by atoms with van der Waals surface area (Å²) in [5.41, 5.74) is 0. The molecule has 0 fully saturated rings. The highest BCUT2D eigenvalue weighted by Gasteiger charge is 2.09. The lowest BCUT2D eigenvalue weighted by molar-refractivity contribution is 0.186. The van der Waals surface area contributed by atoms with Crippen LogP contribution in [-0.2, 0) is 13.6 Å². The van der Waals surface area contributed by atoms with E-state index in [9.17, 15) is 0 Å². The van der Waals surface area contributed by atoms with Crippen LogP contribution in [0.5, 0.6) is 0 Å². The topological polar surface area (TPSA) is 54.2 Å². The summed E-state index contributed by atoms with van der Waals surface area (Å²) >= 11 is 0. The van der Waals surface area contributed by atoms with Crippen LogP contribution in [0, 0.1) is 6.92 Å². The summed E-state index contributed by atoms with van der Waals surface area (Å²) < 4.78 is 1.99. The van der Waals surface area contributed by atoms with E-state index in [1.165, 1.54) is 0 Å². The van der Waals surface area contributed by atoms with Crippen molar-refractivity contribution in [2.24, 2.45) is 7.05 Å². The molecule has 0 aliphatic heterocycles. The fraction of sp³-hybridized carbons (Fsp3) is 0.800. The third kappa shape index (κ3) is 3.28. The normalized spacial score (nSPS) is 11.3.